The Balaban J connectivity index is 2.11. The van der Waals surface area contributed by atoms with Gasteiger partial charge in [0.05, 0.1) is 27.2 Å². The van der Waals surface area contributed by atoms with Gasteiger partial charge in [-0.15, -0.1) is 11.3 Å². The molecule has 0 aliphatic heterocycles. The topological polar surface area (TPSA) is 68.1 Å². The highest BCUT2D eigenvalue weighted by atomic mass is 35.5. The summed E-state index contributed by atoms with van der Waals surface area (Å²) in [6.45, 7) is 6.87. The number of benzene rings is 1. The largest absolute Gasteiger partial charge is 0.379 e. The smallest absolute Gasteiger partial charge is 0.271 e. The molecule has 0 aliphatic rings. The van der Waals surface area contributed by atoms with Crippen LogP contribution >= 0.6 is 22.9 Å². The normalized spacial score (nSPS) is 11.4. The van der Waals surface area contributed by atoms with Gasteiger partial charge in [-0.3, -0.25) is 10.1 Å². The number of non-ortho nitro benzene ring substituents is 1. The monoisotopic (exact) mass is 325 g/mol. The number of nitro groups is 1. The Kier molecular flexibility index (Phi) is 4.49. The van der Waals surface area contributed by atoms with E-state index in [9.17, 15) is 10.1 Å². The van der Waals surface area contributed by atoms with E-state index in [2.05, 4.69) is 31.1 Å². The van der Waals surface area contributed by atoms with Gasteiger partial charge in [0.15, 0.2) is 0 Å². The molecule has 1 heterocycles. The first kappa shape index (κ1) is 15.7. The quantitative estimate of drug-likeness (QED) is 0.658. The van der Waals surface area contributed by atoms with Crippen LogP contribution in [0.25, 0.3) is 0 Å². The molecule has 112 valence electrons. The molecule has 2 aromatic rings. The highest BCUT2D eigenvalue weighted by molar-refractivity contribution is 7.11. The van der Waals surface area contributed by atoms with Crippen LogP contribution in [0.4, 0.5) is 11.4 Å². The van der Waals surface area contributed by atoms with Gasteiger partial charge in [-0.2, -0.15) is 0 Å². The first-order valence-electron chi connectivity index (χ1n) is 6.40. The predicted octanol–water partition coefficient (Wildman–Crippen LogP) is 4.61. The van der Waals surface area contributed by atoms with E-state index in [4.69, 9.17) is 11.6 Å². The van der Waals surface area contributed by atoms with Gasteiger partial charge in [0.25, 0.3) is 5.69 Å². The third kappa shape index (κ3) is 3.92. The van der Waals surface area contributed by atoms with Crippen LogP contribution in [0.1, 0.15) is 30.7 Å². The summed E-state index contributed by atoms with van der Waals surface area (Å²) >= 11 is 7.67. The number of hydrogen-bond donors (Lipinski definition) is 1. The maximum Gasteiger partial charge on any atom is 0.271 e. The molecule has 0 bridgehead atoms. The molecule has 0 radical (unpaired) electrons. The van der Waals surface area contributed by atoms with Crippen LogP contribution in [0.2, 0.25) is 5.02 Å². The highest BCUT2D eigenvalue weighted by Crippen LogP contribution is 2.29. The van der Waals surface area contributed by atoms with Crippen LogP contribution < -0.4 is 5.32 Å². The van der Waals surface area contributed by atoms with E-state index in [-0.39, 0.29) is 11.1 Å². The second-order valence-corrected chi connectivity index (χ2v) is 7.18. The van der Waals surface area contributed by atoms with Crippen LogP contribution in [0.5, 0.6) is 0 Å². The Morgan fingerprint density at radius 3 is 2.71 bits per heavy atom. The minimum absolute atomic E-state index is 0.0154. The van der Waals surface area contributed by atoms with E-state index in [0.717, 1.165) is 9.88 Å². The highest BCUT2D eigenvalue weighted by Gasteiger charge is 2.18. The molecule has 0 fully saturated rings. The second-order valence-electron chi connectivity index (χ2n) is 5.66. The lowest BCUT2D eigenvalue weighted by Gasteiger charge is -2.13. The van der Waals surface area contributed by atoms with Crippen molar-refractivity contribution in [1.29, 1.82) is 0 Å². The zero-order valence-corrected chi connectivity index (χ0v) is 13.6. The lowest BCUT2D eigenvalue weighted by molar-refractivity contribution is -0.384. The third-order valence-corrected chi connectivity index (χ3v) is 4.56. The molecular weight excluding hydrogens is 310 g/mol. The van der Waals surface area contributed by atoms with Crippen molar-refractivity contribution in [1.82, 2.24) is 4.98 Å². The van der Waals surface area contributed by atoms with E-state index in [1.165, 1.54) is 18.2 Å². The van der Waals surface area contributed by atoms with Crippen molar-refractivity contribution in [2.45, 2.75) is 32.7 Å². The molecule has 0 spiro atoms. The van der Waals surface area contributed by atoms with E-state index in [1.54, 1.807) is 11.3 Å². The fraction of sp³-hybridized carbons (Fsp3) is 0.357. The van der Waals surface area contributed by atoms with Crippen LogP contribution in [-0.4, -0.2) is 9.91 Å². The number of hydrogen-bond acceptors (Lipinski definition) is 5. The summed E-state index contributed by atoms with van der Waals surface area (Å²) in [4.78, 5) is 15.8. The fourth-order valence-corrected chi connectivity index (χ4v) is 2.77. The van der Waals surface area contributed by atoms with Crippen LogP contribution in [0, 0.1) is 10.1 Å². The summed E-state index contributed by atoms with van der Waals surface area (Å²) in [5, 5.41) is 15.4. The van der Waals surface area contributed by atoms with Gasteiger partial charge in [-0.25, -0.2) is 4.98 Å². The summed E-state index contributed by atoms with van der Waals surface area (Å²) in [6.07, 6.45) is 1.82. The summed E-state index contributed by atoms with van der Waals surface area (Å²) in [6, 6.07) is 4.35. The first-order chi connectivity index (χ1) is 9.77. The predicted molar refractivity (Wildman–Crippen MR) is 86.2 cm³/mol. The van der Waals surface area contributed by atoms with Gasteiger partial charge in [-0.1, -0.05) is 32.4 Å². The zero-order chi connectivity index (χ0) is 15.6. The Hall–Kier alpha value is -1.66. The summed E-state index contributed by atoms with van der Waals surface area (Å²) in [5.41, 5.74) is 0.588. The first-order valence-corrected chi connectivity index (χ1v) is 7.60. The van der Waals surface area contributed by atoms with Crippen molar-refractivity contribution < 1.29 is 4.92 Å². The molecule has 1 aromatic carbocycles. The molecule has 7 heteroatoms. The minimum atomic E-state index is -0.439. The van der Waals surface area contributed by atoms with Gasteiger partial charge >= 0.3 is 0 Å². The molecule has 21 heavy (non-hydrogen) atoms. The van der Waals surface area contributed by atoms with Crippen LogP contribution in [0.3, 0.4) is 0 Å². The molecule has 5 nitrogen and oxygen atoms in total. The molecule has 0 atom stereocenters. The Morgan fingerprint density at radius 1 is 1.43 bits per heavy atom. The van der Waals surface area contributed by atoms with Crippen molar-refractivity contribution >= 4 is 34.3 Å². The maximum absolute atomic E-state index is 10.8. The van der Waals surface area contributed by atoms with Crippen molar-refractivity contribution in [2.75, 3.05) is 5.32 Å². The van der Waals surface area contributed by atoms with Crippen molar-refractivity contribution in [2.24, 2.45) is 0 Å². The molecule has 0 saturated carbocycles. The molecule has 0 saturated heterocycles. The number of rotatable bonds is 4. The number of thiazole rings is 1. The lowest BCUT2D eigenvalue weighted by Crippen LogP contribution is -2.09. The lowest BCUT2D eigenvalue weighted by atomic mass is 9.98. The van der Waals surface area contributed by atoms with Gasteiger partial charge in [0.2, 0.25) is 0 Å². The summed E-state index contributed by atoms with van der Waals surface area (Å²) in [5.74, 6) is 0. The molecule has 0 aliphatic carbocycles. The van der Waals surface area contributed by atoms with Gasteiger partial charge in [0.1, 0.15) is 0 Å². The van der Waals surface area contributed by atoms with Crippen molar-refractivity contribution in [3.8, 4) is 0 Å². The summed E-state index contributed by atoms with van der Waals surface area (Å²) < 4.78 is 0. The number of nitro benzene ring substituents is 1. The molecule has 0 unspecified atom stereocenters. The second kappa shape index (κ2) is 5.99. The average Bonchev–Trinajstić information content (AvgIpc) is 2.86. The van der Waals surface area contributed by atoms with Crippen LogP contribution in [0.15, 0.2) is 24.4 Å². The molecule has 0 amide bonds. The van der Waals surface area contributed by atoms with Gasteiger partial charge in [0, 0.05) is 28.6 Å². The zero-order valence-electron chi connectivity index (χ0n) is 12.0. The van der Waals surface area contributed by atoms with Crippen molar-refractivity contribution in [3.05, 3.63) is 49.4 Å². The number of nitrogens with one attached hydrogen (secondary N) is 1. The molecule has 1 aromatic heterocycles. The fourth-order valence-electron chi connectivity index (χ4n) is 1.68. The third-order valence-electron chi connectivity index (χ3n) is 2.81. The maximum atomic E-state index is 10.8. The Bertz CT molecular complexity index is 664. The molecule has 1 N–H and O–H groups in total. The molecule has 2 rings (SSSR count). The number of anilines is 1. The van der Waals surface area contributed by atoms with E-state index in [1.807, 2.05) is 6.20 Å². The van der Waals surface area contributed by atoms with Gasteiger partial charge < -0.3 is 5.32 Å². The number of nitrogens with zero attached hydrogens (tertiary/aromatic N) is 2. The standard InChI is InChI=1S/C14H16ClN3O2S/c1-14(2,3)13-17-8-10(21-13)7-16-12-6-9(18(19)20)4-5-11(12)15/h4-6,8,16H,7H2,1-3H3. The summed E-state index contributed by atoms with van der Waals surface area (Å²) in [7, 11) is 0. The molecular formula is C14H16ClN3O2S. The van der Waals surface area contributed by atoms with E-state index < -0.39 is 4.92 Å². The SMILES string of the molecule is CC(C)(C)c1ncc(CNc2cc([N+](=O)[O-])ccc2Cl)s1. The Morgan fingerprint density at radius 2 is 2.14 bits per heavy atom. The number of halogens is 1. The average molecular weight is 326 g/mol. The van der Waals surface area contributed by atoms with Crippen molar-refractivity contribution in [3.63, 3.8) is 0 Å². The van der Waals surface area contributed by atoms with E-state index >= 15 is 0 Å². The van der Waals surface area contributed by atoms with Gasteiger partial charge in [-0.05, 0) is 6.07 Å². The van der Waals surface area contributed by atoms with Crippen LogP contribution in [-0.2, 0) is 12.0 Å². The number of aromatic nitrogens is 1. The Labute approximate surface area is 132 Å². The van der Waals surface area contributed by atoms with E-state index in [0.29, 0.717) is 17.3 Å². The minimum Gasteiger partial charge on any atom is -0.379 e.